The smallest absolute Gasteiger partial charge is 0.215 e. The van der Waals surface area contributed by atoms with Crippen molar-refractivity contribution in [2.75, 3.05) is 25.4 Å². The van der Waals surface area contributed by atoms with Gasteiger partial charge >= 0.3 is 0 Å². The summed E-state index contributed by atoms with van der Waals surface area (Å²) in [5.74, 6) is 0.206. The predicted molar refractivity (Wildman–Crippen MR) is 78.3 cm³/mol. The first kappa shape index (κ1) is 17.9. The molecule has 1 N–H and O–H groups in total. The number of nitrogens with zero attached hydrogens (tertiary/aromatic N) is 1. The molecule has 0 radical (unpaired) electrons. The lowest BCUT2D eigenvalue weighted by atomic mass is 10.2. The first-order chi connectivity index (χ1) is 8.45. The van der Waals surface area contributed by atoms with Crippen molar-refractivity contribution in [3.63, 3.8) is 0 Å². The maximum atomic E-state index is 12.2. The Kier molecular flexibility index (Phi) is 9.68. The fourth-order valence-electron chi connectivity index (χ4n) is 1.86. The van der Waals surface area contributed by atoms with Gasteiger partial charge in [-0.1, -0.05) is 26.7 Å². The van der Waals surface area contributed by atoms with E-state index in [9.17, 15) is 8.42 Å². The Morgan fingerprint density at radius 1 is 1.06 bits per heavy atom. The second-order valence-corrected chi connectivity index (χ2v) is 7.02. The normalized spacial score (nSPS) is 12.6. The quantitative estimate of drug-likeness (QED) is 0.590. The number of sulfonamides is 1. The molecule has 0 bridgehead atoms. The Hall–Kier alpha value is -0.130. The first-order valence-corrected chi connectivity index (χ1v) is 8.76. The summed E-state index contributed by atoms with van der Waals surface area (Å²) < 4.78 is 26.1. The van der Waals surface area contributed by atoms with E-state index in [1.165, 1.54) is 0 Å². The summed E-state index contributed by atoms with van der Waals surface area (Å²) in [7, 11) is -3.11. The summed E-state index contributed by atoms with van der Waals surface area (Å²) in [5, 5.41) is 3.15. The molecule has 0 aliphatic heterocycles. The van der Waals surface area contributed by atoms with Crippen molar-refractivity contribution in [3.05, 3.63) is 0 Å². The largest absolute Gasteiger partial charge is 0.316 e. The Labute approximate surface area is 113 Å². The summed E-state index contributed by atoms with van der Waals surface area (Å²) >= 11 is 0. The highest BCUT2D eigenvalue weighted by molar-refractivity contribution is 7.89. The molecule has 18 heavy (non-hydrogen) atoms. The lowest BCUT2D eigenvalue weighted by molar-refractivity contribution is 0.345. The second kappa shape index (κ2) is 9.75. The fraction of sp³-hybridized carbons (Fsp3) is 1.00. The van der Waals surface area contributed by atoms with Crippen LogP contribution in [0.4, 0.5) is 0 Å². The van der Waals surface area contributed by atoms with Crippen LogP contribution < -0.4 is 5.32 Å². The number of unbranched alkanes of at least 4 members (excludes halogenated alkanes) is 2. The van der Waals surface area contributed by atoms with Gasteiger partial charge in [0.2, 0.25) is 10.0 Å². The highest BCUT2D eigenvalue weighted by atomic mass is 32.2. The van der Waals surface area contributed by atoms with E-state index in [2.05, 4.69) is 19.2 Å². The van der Waals surface area contributed by atoms with Crippen LogP contribution in [0.2, 0.25) is 0 Å². The molecule has 0 saturated carbocycles. The Morgan fingerprint density at radius 2 is 1.72 bits per heavy atom. The van der Waals surface area contributed by atoms with Gasteiger partial charge in [0.15, 0.2) is 0 Å². The van der Waals surface area contributed by atoms with Gasteiger partial charge in [-0.25, -0.2) is 8.42 Å². The Bertz CT molecular complexity index is 289. The van der Waals surface area contributed by atoms with Gasteiger partial charge in [-0.05, 0) is 33.2 Å². The van der Waals surface area contributed by atoms with Crippen LogP contribution in [0.1, 0.15) is 53.4 Å². The van der Waals surface area contributed by atoms with Crippen molar-refractivity contribution < 1.29 is 8.42 Å². The summed E-state index contributed by atoms with van der Waals surface area (Å²) in [5.41, 5.74) is 0. The third-order valence-electron chi connectivity index (χ3n) is 2.88. The van der Waals surface area contributed by atoms with Gasteiger partial charge in [0, 0.05) is 19.1 Å². The van der Waals surface area contributed by atoms with Gasteiger partial charge < -0.3 is 5.32 Å². The number of nitrogens with one attached hydrogen (secondary N) is 1. The van der Waals surface area contributed by atoms with E-state index in [-0.39, 0.29) is 11.8 Å². The van der Waals surface area contributed by atoms with Crippen LogP contribution >= 0.6 is 0 Å². The molecule has 0 amide bonds. The molecule has 0 aliphatic carbocycles. The number of hydrogen-bond acceptors (Lipinski definition) is 3. The van der Waals surface area contributed by atoms with Gasteiger partial charge in [-0.15, -0.1) is 0 Å². The molecule has 0 rings (SSSR count). The van der Waals surface area contributed by atoms with Crippen LogP contribution in [0.5, 0.6) is 0 Å². The van der Waals surface area contributed by atoms with Crippen molar-refractivity contribution in [2.45, 2.75) is 59.4 Å². The van der Waals surface area contributed by atoms with Crippen molar-refractivity contribution >= 4 is 10.0 Å². The average molecular weight is 278 g/mol. The maximum Gasteiger partial charge on any atom is 0.215 e. The van der Waals surface area contributed by atoms with Crippen LogP contribution in [0.3, 0.4) is 0 Å². The Morgan fingerprint density at radius 3 is 2.22 bits per heavy atom. The standard InChI is InChI=1S/C13H30N2O2S/c1-5-7-8-11-15(13(3)4)18(16,17)12-10-14-9-6-2/h13-14H,5-12H2,1-4H3. The maximum absolute atomic E-state index is 12.2. The molecule has 0 heterocycles. The molecule has 0 atom stereocenters. The summed E-state index contributed by atoms with van der Waals surface area (Å²) in [6.45, 7) is 10.2. The minimum Gasteiger partial charge on any atom is -0.316 e. The Balaban J connectivity index is 4.28. The second-order valence-electron chi connectivity index (χ2n) is 4.98. The molecule has 5 heteroatoms. The molecule has 0 spiro atoms. The minimum atomic E-state index is -3.11. The van der Waals surface area contributed by atoms with E-state index in [0.29, 0.717) is 13.1 Å². The minimum absolute atomic E-state index is 0.0537. The van der Waals surface area contributed by atoms with E-state index in [0.717, 1.165) is 32.2 Å². The monoisotopic (exact) mass is 278 g/mol. The summed E-state index contributed by atoms with van der Waals surface area (Å²) in [4.78, 5) is 0. The van der Waals surface area contributed by atoms with Gasteiger partial charge in [-0.2, -0.15) is 4.31 Å². The van der Waals surface area contributed by atoms with Gasteiger partial charge in [0.1, 0.15) is 0 Å². The zero-order chi connectivity index (χ0) is 14.0. The van der Waals surface area contributed by atoms with Crippen LogP contribution in [-0.4, -0.2) is 44.2 Å². The topological polar surface area (TPSA) is 49.4 Å². The number of rotatable bonds is 11. The summed E-state index contributed by atoms with van der Waals surface area (Å²) in [6, 6.07) is 0.0537. The predicted octanol–water partition coefficient (Wildman–Crippen LogP) is 2.22. The third-order valence-corrected chi connectivity index (χ3v) is 4.92. The average Bonchev–Trinajstić information content (AvgIpc) is 2.29. The van der Waals surface area contributed by atoms with Crippen LogP contribution in [0, 0.1) is 0 Å². The molecule has 0 aliphatic rings. The van der Waals surface area contributed by atoms with E-state index in [4.69, 9.17) is 0 Å². The SMILES string of the molecule is CCCCCN(C(C)C)S(=O)(=O)CCNCCC. The van der Waals surface area contributed by atoms with Gasteiger partial charge in [-0.3, -0.25) is 0 Å². The lowest BCUT2D eigenvalue weighted by Gasteiger charge is -2.26. The highest BCUT2D eigenvalue weighted by Crippen LogP contribution is 2.10. The molecule has 0 aromatic rings. The molecule has 0 fully saturated rings. The van der Waals surface area contributed by atoms with Crippen LogP contribution in [0.25, 0.3) is 0 Å². The molecule has 4 nitrogen and oxygen atoms in total. The lowest BCUT2D eigenvalue weighted by Crippen LogP contribution is -2.41. The van der Waals surface area contributed by atoms with Crippen molar-refractivity contribution in [2.24, 2.45) is 0 Å². The van der Waals surface area contributed by atoms with Crippen LogP contribution in [-0.2, 0) is 10.0 Å². The summed E-state index contributed by atoms with van der Waals surface area (Å²) in [6.07, 6.45) is 4.19. The van der Waals surface area contributed by atoms with Crippen molar-refractivity contribution in [1.82, 2.24) is 9.62 Å². The first-order valence-electron chi connectivity index (χ1n) is 7.16. The van der Waals surface area contributed by atoms with E-state index < -0.39 is 10.0 Å². The molecular weight excluding hydrogens is 248 g/mol. The third kappa shape index (κ3) is 7.34. The fourth-order valence-corrected chi connectivity index (χ4v) is 3.54. The zero-order valence-electron chi connectivity index (χ0n) is 12.4. The molecule has 0 aromatic heterocycles. The molecular formula is C13H30N2O2S. The number of hydrogen-bond donors (Lipinski definition) is 1. The molecule has 110 valence electrons. The highest BCUT2D eigenvalue weighted by Gasteiger charge is 2.23. The van der Waals surface area contributed by atoms with Crippen molar-refractivity contribution in [1.29, 1.82) is 0 Å². The molecule has 0 aromatic carbocycles. The molecule has 0 unspecified atom stereocenters. The van der Waals surface area contributed by atoms with Gasteiger partial charge in [0.05, 0.1) is 5.75 Å². The van der Waals surface area contributed by atoms with E-state index in [1.807, 2.05) is 13.8 Å². The van der Waals surface area contributed by atoms with E-state index >= 15 is 0 Å². The van der Waals surface area contributed by atoms with Crippen molar-refractivity contribution in [3.8, 4) is 0 Å². The van der Waals surface area contributed by atoms with Crippen LogP contribution in [0.15, 0.2) is 0 Å². The van der Waals surface area contributed by atoms with Gasteiger partial charge in [0.25, 0.3) is 0 Å². The zero-order valence-corrected chi connectivity index (χ0v) is 13.2. The van der Waals surface area contributed by atoms with E-state index in [1.54, 1.807) is 4.31 Å². The molecule has 0 saturated heterocycles.